The normalized spacial score (nSPS) is 10.3. The number of ether oxygens (including phenoxy) is 1. The molecule has 0 aliphatic carbocycles. The van der Waals surface area contributed by atoms with Crippen LogP contribution < -0.4 is 5.32 Å². The van der Waals surface area contributed by atoms with Crippen LogP contribution in [0.2, 0.25) is 0 Å². The highest BCUT2D eigenvalue weighted by Gasteiger charge is 2.15. The maximum Gasteiger partial charge on any atom is 0.408 e. The predicted octanol–water partition coefficient (Wildman–Crippen LogP) is 4.16. The van der Waals surface area contributed by atoms with Crippen molar-refractivity contribution in [2.24, 2.45) is 0 Å². The van der Waals surface area contributed by atoms with E-state index >= 15 is 0 Å². The number of rotatable bonds is 2. The number of carbonyl (C=O) groups excluding carboxylic acids is 1. The second-order valence-corrected chi connectivity index (χ2v) is 6.42. The summed E-state index contributed by atoms with van der Waals surface area (Å²) in [7, 11) is 0. The Hall–Kier alpha value is -1.88. The van der Waals surface area contributed by atoms with Crippen LogP contribution in [-0.4, -0.2) is 16.7 Å². The SMILES string of the molecule is CC(C)(C)OC(=O)NCc1nccs1.Cc1ccccc1. The molecule has 0 aliphatic rings. The lowest BCUT2D eigenvalue weighted by Gasteiger charge is -2.19. The molecular formula is C16H22N2O2S. The standard InChI is InChI=1S/C9H14N2O2S.C7H8/c1-9(2,3)13-8(12)11-6-7-10-4-5-14-7;1-7-5-3-2-4-6-7/h4-5H,6H2,1-3H3,(H,11,12);2-6H,1H3. The van der Waals surface area contributed by atoms with E-state index in [1.54, 1.807) is 6.20 Å². The fourth-order valence-electron chi connectivity index (χ4n) is 1.34. The number of hydrogen-bond acceptors (Lipinski definition) is 4. The number of aromatic nitrogens is 1. The molecule has 4 nitrogen and oxygen atoms in total. The Kier molecular flexibility index (Phi) is 6.88. The van der Waals surface area contributed by atoms with Gasteiger partial charge in [0.05, 0.1) is 6.54 Å². The van der Waals surface area contributed by atoms with Crippen LogP contribution in [0.1, 0.15) is 31.3 Å². The van der Waals surface area contributed by atoms with Gasteiger partial charge in [0.25, 0.3) is 0 Å². The van der Waals surface area contributed by atoms with Crippen molar-refractivity contribution in [1.82, 2.24) is 10.3 Å². The van der Waals surface area contributed by atoms with Gasteiger partial charge in [0.15, 0.2) is 0 Å². The molecule has 1 aromatic carbocycles. The maximum absolute atomic E-state index is 11.2. The second-order valence-electron chi connectivity index (χ2n) is 5.44. The van der Waals surface area contributed by atoms with Gasteiger partial charge in [0.1, 0.15) is 10.6 Å². The summed E-state index contributed by atoms with van der Waals surface area (Å²) in [5, 5.41) is 5.37. The molecule has 1 aromatic heterocycles. The first kappa shape index (κ1) is 17.2. The average molecular weight is 306 g/mol. The molecule has 21 heavy (non-hydrogen) atoms. The van der Waals surface area contributed by atoms with E-state index in [4.69, 9.17) is 4.74 Å². The molecule has 0 radical (unpaired) electrons. The third-order valence-corrected chi connectivity index (χ3v) is 2.99. The van der Waals surface area contributed by atoms with Gasteiger partial charge < -0.3 is 10.1 Å². The van der Waals surface area contributed by atoms with E-state index in [0.29, 0.717) is 6.54 Å². The highest BCUT2D eigenvalue weighted by molar-refractivity contribution is 7.09. The lowest BCUT2D eigenvalue weighted by molar-refractivity contribution is 0.0523. The molecule has 0 atom stereocenters. The summed E-state index contributed by atoms with van der Waals surface area (Å²) in [5.41, 5.74) is 0.870. The monoisotopic (exact) mass is 306 g/mol. The van der Waals surface area contributed by atoms with Gasteiger partial charge in [-0.25, -0.2) is 9.78 Å². The summed E-state index contributed by atoms with van der Waals surface area (Å²) < 4.78 is 5.06. The minimum absolute atomic E-state index is 0.410. The number of benzene rings is 1. The predicted molar refractivity (Wildman–Crippen MR) is 86.4 cm³/mol. The van der Waals surface area contributed by atoms with Crippen molar-refractivity contribution in [2.75, 3.05) is 0 Å². The zero-order valence-electron chi connectivity index (χ0n) is 12.9. The van der Waals surface area contributed by atoms with Gasteiger partial charge in [-0.1, -0.05) is 35.9 Å². The van der Waals surface area contributed by atoms with Crippen molar-refractivity contribution in [3.8, 4) is 0 Å². The number of thiazole rings is 1. The molecule has 1 N–H and O–H groups in total. The zero-order valence-corrected chi connectivity index (χ0v) is 13.7. The average Bonchev–Trinajstić information content (AvgIpc) is 2.89. The summed E-state index contributed by atoms with van der Waals surface area (Å²) in [4.78, 5) is 15.2. The number of nitrogens with zero attached hydrogens (tertiary/aromatic N) is 1. The van der Waals surface area contributed by atoms with E-state index in [1.165, 1.54) is 16.9 Å². The van der Waals surface area contributed by atoms with Gasteiger partial charge in [-0.15, -0.1) is 11.3 Å². The van der Waals surface area contributed by atoms with Crippen LogP contribution in [0.3, 0.4) is 0 Å². The van der Waals surface area contributed by atoms with Crippen LogP contribution in [0.4, 0.5) is 4.79 Å². The van der Waals surface area contributed by atoms with E-state index in [2.05, 4.69) is 29.4 Å². The van der Waals surface area contributed by atoms with Gasteiger partial charge in [0.2, 0.25) is 0 Å². The van der Waals surface area contributed by atoms with Crippen molar-refractivity contribution >= 4 is 17.4 Å². The first-order valence-corrected chi connectivity index (χ1v) is 7.61. The smallest absolute Gasteiger partial charge is 0.408 e. The molecule has 0 saturated heterocycles. The van der Waals surface area contributed by atoms with Crippen LogP contribution >= 0.6 is 11.3 Å². The van der Waals surface area contributed by atoms with E-state index < -0.39 is 11.7 Å². The molecule has 2 rings (SSSR count). The zero-order chi connectivity index (χ0) is 15.7. The lowest BCUT2D eigenvalue weighted by Crippen LogP contribution is -2.32. The van der Waals surface area contributed by atoms with Crippen molar-refractivity contribution in [3.05, 3.63) is 52.5 Å². The summed E-state index contributed by atoms with van der Waals surface area (Å²) in [6.07, 6.45) is 1.30. The minimum atomic E-state index is -0.451. The lowest BCUT2D eigenvalue weighted by atomic mass is 10.2. The molecule has 0 spiro atoms. The van der Waals surface area contributed by atoms with Crippen LogP contribution in [0.5, 0.6) is 0 Å². The number of amides is 1. The summed E-state index contributed by atoms with van der Waals surface area (Å²) >= 11 is 1.50. The van der Waals surface area contributed by atoms with Gasteiger partial charge in [0, 0.05) is 11.6 Å². The molecule has 0 fully saturated rings. The first-order valence-electron chi connectivity index (χ1n) is 6.74. The first-order chi connectivity index (χ1) is 9.87. The minimum Gasteiger partial charge on any atom is -0.444 e. The third kappa shape index (κ3) is 8.81. The molecule has 1 heterocycles. The van der Waals surface area contributed by atoms with Crippen LogP contribution in [0.25, 0.3) is 0 Å². The van der Waals surface area contributed by atoms with Gasteiger partial charge in [-0.2, -0.15) is 0 Å². The molecular weight excluding hydrogens is 284 g/mol. The van der Waals surface area contributed by atoms with Crippen molar-refractivity contribution in [2.45, 2.75) is 39.8 Å². The van der Waals surface area contributed by atoms with Crippen molar-refractivity contribution in [1.29, 1.82) is 0 Å². The largest absolute Gasteiger partial charge is 0.444 e. The number of aryl methyl sites for hydroxylation is 1. The van der Waals surface area contributed by atoms with Gasteiger partial charge in [-0.3, -0.25) is 0 Å². The molecule has 5 heteroatoms. The topological polar surface area (TPSA) is 51.2 Å². The van der Waals surface area contributed by atoms with Crippen LogP contribution in [0.15, 0.2) is 41.9 Å². The number of nitrogens with one attached hydrogen (secondary N) is 1. The Bertz CT molecular complexity index is 519. The Morgan fingerprint density at radius 2 is 1.95 bits per heavy atom. The number of carbonyl (C=O) groups is 1. The Morgan fingerprint density at radius 1 is 1.29 bits per heavy atom. The Labute approximate surface area is 130 Å². The fourth-order valence-corrected chi connectivity index (χ4v) is 1.89. The highest BCUT2D eigenvalue weighted by Crippen LogP contribution is 2.07. The van der Waals surface area contributed by atoms with Crippen LogP contribution in [-0.2, 0) is 11.3 Å². The molecule has 0 unspecified atom stereocenters. The second kappa shape index (κ2) is 8.42. The van der Waals surface area contributed by atoms with Crippen molar-refractivity contribution in [3.63, 3.8) is 0 Å². The highest BCUT2D eigenvalue weighted by atomic mass is 32.1. The Morgan fingerprint density at radius 3 is 2.38 bits per heavy atom. The number of hydrogen-bond donors (Lipinski definition) is 1. The molecule has 0 saturated carbocycles. The molecule has 114 valence electrons. The summed E-state index contributed by atoms with van der Waals surface area (Å²) in [5.74, 6) is 0. The molecule has 2 aromatic rings. The van der Waals surface area contributed by atoms with Crippen LogP contribution in [0, 0.1) is 6.92 Å². The maximum atomic E-state index is 11.2. The molecule has 0 aliphatic heterocycles. The summed E-state index contributed by atoms with van der Waals surface area (Å²) in [6, 6.07) is 10.3. The van der Waals surface area contributed by atoms with Gasteiger partial charge >= 0.3 is 6.09 Å². The summed E-state index contributed by atoms with van der Waals surface area (Å²) in [6.45, 7) is 7.99. The molecule has 1 amide bonds. The Balaban J connectivity index is 0.000000262. The quantitative estimate of drug-likeness (QED) is 0.906. The van der Waals surface area contributed by atoms with Crippen molar-refractivity contribution < 1.29 is 9.53 Å². The van der Waals surface area contributed by atoms with E-state index in [-0.39, 0.29) is 0 Å². The fraction of sp³-hybridized carbons (Fsp3) is 0.375. The van der Waals surface area contributed by atoms with Gasteiger partial charge in [-0.05, 0) is 27.7 Å². The third-order valence-electron chi connectivity index (χ3n) is 2.21. The van der Waals surface area contributed by atoms with E-state index in [0.717, 1.165) is 5.01 Å². The number of alkyl carbamates (subject to hydrolysis) is 1. The van der Waals surface area contributed by atoms with E-state index in [9.17, 15) is 4.79 Å². The molecule has 0 bridgehead atoms. The van der Waals surface area contributed by atoms with E-state index in [1.807, 2.05) is 44.4 Å².